The highest BCUT2D eigenvalue weighted by atomic mass is 16.5. The third-order valence-electron chi connectivity index (χ3n) is 5.64. The highest BCUT2D eigenvalue weighted by Crippen LogP contribution is 2.33. The van der Waals surface area contributed by atoms with Gasteiger partial charge < -0.3 is 18.6 Å². The van der Waals surface area contributed by atoms with Crippen LogP contribution in [0.15, 0.2) is 44.7 Å². The van der Waals surface area contributed by atoms with E-state index in [-0.39, 0.29) is 30.4 Å². The molecule has 1 aliphatic heterocycles. The molecule has 0 saturated heterocycles. The van der Waals surface area contributed by atoms with Crippen LogP contribution in [0.2, 0.25) is 0 Å². The van der Waals surface area contributed by atoms with Gasteiger partial charge in [0.15, 0.2) is 16.9 Å². The summed E-state index contributed by atoms with van der Waals surface area (Å²) >= 11 is 0. The van der Waals surface area contributed by atoms with E-state index < -0.39 is 17.2 Å². The number of hydrogen-bond acceptors (Lipinski definition) is 8. The van der Waals surface area contributed by atoms with E-state index in [0.29, 0.717) is 11.5 Å². The predicted molar refractivity (Wildman–Crippen MR) is 116 cm³/mol. The van der Waals surface area contributed by atoms with Crippen molar-refractivity contribution in [2.75, 3.05) is 0 Å². The van der Waals surface area contributed by atoms with Crippen LogP contribution >= 0.6 is 0 Å². The maximum atomic E-state index is 12.5. The summed E-state index contributed by atoms with van der Waals surface area (Å²) in [6.45, 7) is 1.69. The van der Waals surface area contributed by atoms with Gasteiger partial charge in [0.1, 0.15) is 30.7 Å². The van der Waals surface area contributed by atoms with Gasteiger partial charge in [0.2, 0.25) is 0 Å². The molecule has 1 unspecified atom stereocenters. The number of esters is 1. The zero-order chi connectivity index (χ0) is 23.3. The predicted octanol–water partition coefficient (Wildman–Crippen LogP) is 1.16. The molecule has 4 aromatic rings. The molecule has 0 saturated carbocycles. The van der Waals surface area contributed by atoms with Crippen LogP contribution in [-0.4, -0.2) is 35.9 Å². The number of carbonyl (C=O) groups excluding carboxylic acids is 1. The summed E-state index contributed by atoms with van der Waals surface area (Å²) in [6, 6.07) is 7.55. The Hall–Kier alpha value is -4.15. The molecule has 11 heteroatoms. The van der Waals surface area contributed by atoms with Crippen LogP contribution in [-0.2, 0) is 43.2 Å². The minimum Gasteiger partial charge on any atom is -0.490 e. The van der Waals surface area contributed by atoms with Crippen LogP contribution in [0, 0.1) is 0 Å². The fourth-order valence-corrected chi connectivity index (χ4v) is 3.93. The minimum atomic E-state index is -0.588. The Morgan fingerprint density at radius 2 is 2.03 bits per heavy atom. The lowest BCUT2D eigenvalue weighted by molar-refractivity contribution is -0.145. The third kappa shape index (κ3) is 3.60. The SMILES string of the molecule is CC1Cc2ccc(-c3cc(COC(=O)Cn4cnc5c4c(=O)n(C)c(=O)n5C)no3)cc2O1. The summed E-state index contributed by atoms with van der Waals surface area (Å²) in [5, 5.41) is 3.96. The summed E-state index contributed by atoms with van der Waals surface area (Å²) < 4.78 is 20.1. The number of benzene rings is 1. The Labute approximate surface area is 186 Å². The summed E-state index contributed by atoms with van der Waals surface area (Å²) in [6.07, 6.45) is 2.36. The molecule has 0 spiro atoms. The number of hydrogen-bond donors (Lipinski definition) is 0. The molecule has 11 nitrogen and oxygen atoms in total. The smallest absolute Gasteiger partial charge is 0.332 e. The Kier molecular flexibility index (Phi) is 4.88. The van der Waals surface area contributed by atoms with E-state index >= 15 is 0 Å². The molecule has 33 heavy (non-hydrogen) atoms. The standard InChI is InChI=1S/C22H21N5O6/c1-12-6-13-4-5-14(7-16(13)32-12)17-8-15(24-33-17)10-31-18(28)9-27-11-23-20-19(27)21(29)26(3)22(30)25(20)2/h4-5,7-8,11-12H,6,9-10H2,1-3H3. The van der Waals surface area contributed by atoms with E-state index in [1.54, 1.807) is 6.07 Å². The monoisotopic (exact) mass is 451 g/mol. The number of fused-ring (bicyclic) bond motifs is 2. The number of imidazole rings is 1. The van der Waals surface area contributed by atoms with E-state index in [4.69, 9.17) is 14.0 Å². The first kappa shape index (κ1) is 20.7. The van der Waals surface area contributed by atoms with Crippen LogP contribution in [0.1, 0.15) is 18.2 Å². The summed E-state index contributed by atoms with van der Waals surface area (Å²) in [4.78, 5) is 41.0. The van der Waals surface area contributed by atoms with Gasteiger partial charge in [0.05, 0.1) is 6.33 Å². The van der Waals surface area contributed by atoms with Crippen molar-refractivity contribution in [1.29, 1.82) is 0 Å². The van der Waals surface area contributed by atoms with Crippen molar-refractivity contribution in [3.8, 4) is 17.1 Å². The first-order chi connectivity index (χ1) is 15.8. The molecule has 0 fully saturated rings. The third-order valence-corrected chi connectivity index (χ3v) is 5.64. The number of carbonyl (C=O) groups is 1. The van der Waals surface area contributed by atoms with Crippen LogP contribution < -0.4 is 16.0 Å². The van der Waals surface area contributed by atoms with Gasteiger partial charge in [-0.3, -0.25) is 18.7 Å². The van der Waals surface area contributed by atoms with E-state index in [9.17, 15) is 14.4 Å². The maximum absolute atomic E-state index is 12.5. The molecule has 0 radical (unpaired) electrons. The van der Waals surface area contributed by atoms with Crippen molar-refractivity contribution < 1.29 is 18.8 Å². The Balaban J connectivity index is 1.28. The Bertz CT molecular complexity index is 1510. The van der Waals surface area contributed by atoms with Crippen LogP contribution in [0.4, 0.5) is 0 Å². The van der Waals surface area contributed by atoms with Crippen molar-refractivity contribution in [2.45, 2.75) is 32.6 Å². The number of aromatic nitrogens is 5. The quantitative estimate of drug-likeness (QED) is 0.414. The molecule has 0 aliphatic carbocycles. The zero-order valence-electron chi connectivity index (χ0n) is 18.3. The number of rotatable bonds is 5. The Morgan fingerprint density at radius 3 is 2.85 bits per heavy atom. The molecular weight excluding hydrogens is 430 g/mol. The van der Waals surface area contributed by atoms with E-state index in [2.05, 4.69) is 10.1 Å². The van der Waals surface area contributed by atoms with Crippen LogP contribution in [0.25, 0.3) is 22.5 Å². The van der Waals surface area contributed by atoms with Gasteiger partial charge in [0, 0.05) is 32.1 Å². The highest BCUT2D eigenvalue weighted by Gasteiger charge is 2.21. The van der Waals surface area contributed by atoms with Gasteiger partial charge in [-0.2, -0.15) is 0 Å². The molecule has 1 aromatic carbocycles. The zero-order valence-corrected chi connectivity index (χ0v) is 18.3. The summed E-state index contributed by atoms with van der Waals surface area (Å²) in [5.74, 6) is 0.785. The fraction of sp³-hybridized carbons (Fsp3) is 0.318. The molecule has 5 rings (SSSR count). The summed E-state index contributed by atoms with van der Waals surface area (Å²) in [5.41, 5.74) is 1.74. The topological polar surface area (TPSA) is 123 Å². The lowest BCUT2D eigenvalue weighted by atomic mass is 10.1. The van der Waals surface area contributed by atoms with Gasteiger partial charge in [0.25, 0.3) is 5.56 Å². The second kappa shape index (κ2) is 7.76. The molecule has 1 aliphatic rings. The van der Waals surface area contributed by atoms with Gasteiger partial charge in [-0.1, -0.05) is 17.3 Å². The van der Waals surface area contributed by atoms with Crippen molar-refractivity contribution in [1.82, 2.24) is 23.8 Å². The number of ether oxygens (including phenoxy) is 2. The van der Waals surface area contributed by atoms with Gasteiger partial charge in [-0.05, 0) is 18.6 Å². The molecule has 3 aromatic heterocycles. The Morgan fingerprint density at radius 1 is 1.21 bits per heavy atom. The molecular formula is C22H21N5O6. The van der Waals surface area contributed by atoms with Crippen molar-refractivity contribution in [3.63, 3.8) is 0 Å². The first-order valence-corrected chi connectivity index (χ1v) is 10.3. The molecule has 0 N–H and O–H groups in total. The van der Waals surface area contributed by atoms with Crippen LogP contribution in [0.5, 0.6) is 5.75 Å². The van der Waals surface area contributed by atoms with E-state index in [1.165, 1.54) is 29.6 Å². The lowest BCUT2D eigenvalue weighted by Gasteiger charge is -2.06. The van der Waals surface area contributed by atoms with Gasteiger partial charge in [-0.25, -0.2) is 9.78 Å². The molecule has 0 bridgehead atoms. The van der Waals surface area contributed by atoms with Crippen molar-refractivity contribution in [3.05, 3.63) is 62.7 Å². The average molecular weight is 451 g/mol. The van der Waals surface area contributed by atoms with Gasteiger partial charge >= 0.3 is 11.7 Å². The fourth-order valence-electron chi connectivity index (χ4n) is 3.93. The molecule has 170 valence electrons. The first-order valence-electron chi connectivity index (χ1n) is 10.3. The molecule has 1 atom stereocenters. The van der Waals surface area contributed by atoms with Crippen LogP contribution in [0.3, 0.4) is 0 Å². The minimum absolute atomic E-state index is 0.0933. The number of aryl methyl sites for hydroxylation is 1. The average Bonchev–Trinajstić information content (AvgIpc) is 3.52. The van der Waals surface area contributed by atoms with Crippen molar-refractivity contribution in [2.24, 2.45) is 14.1 Å². The van der Waals surface area contributed by atoms with Gasteiger partial charge in [-0.15, -0.1) is 0 Å². The largest absolute Gasteiger partial charge is 0.490 e. The molecule has 0 amide bonds. The van der Waals surface area contributed by atoms with Crippen molar-refractivity contribution >= 4 is 17.1 Å². The maximum Gasteiger partial charge on any atom is 0.332 e. The highest BCUT2D eigenvalue weighted by molar-refractivity contribution is 5.75. The molecule has 4 heterocycles. The number of nitrogens with zero attached hydrogens (tertiary/aromatic N) is 5. The lowest BCUT2D eigenvalue weighted by Crippen LogP contribution is -2.37. The second-order valence-corrected chi connectivity index (χ2v) is 8.05. The normalized spacial score (nSPS) is 14.9. The summed E-state index contributed by atoms with van der Waals surface area (Å²) in [7, 11) is 2.88. The second-order valence-electron chi connectivity index (χ2n) is 8.05. The van der Waals surface area contributed by atoms with E-state index in [0.717, 1.165) is 27.9 Å². The van der Waals surface area contributed by atoms with E-state index in [1.807, 2.05) is 25.1 Å².